The number of hydrogen-bond acceptors (Lipinski definition) is 9. The maximum absolute atomic E-state index is 11.1. The Balaban J connectivity index is 2.84. The van der Waals surface area contributed by atoms with E-state index < -0.39 is 0 Å². The first kappa shape index (κ1) is 37.8. The molecule has 0 bridgehead atoms. The SMILES string of the molecule is CCCCOc1cc(O)c(OCCCC)c(OCCCC)c1Oc1c(OCCCC)cc(O)c(OCCCC)c1OCCCC. The van der Waals surface area contributed by atoms with Crippen molar-refractivity contribution in [2.45, 2.75) is 119 Å². The van der Waals surface area contributed by atoms with Gasteiger partial charge in [-0.1, -0.05) is 80.1 Å². The minimum atomic E-state index is -0.0930. The first-order chi connectivity index (χ1) is 22.0. The van der Waals surface area contributed by atoms with Gasteiger partial charge in [0.05, 0.1) is 39.6 Å². The van der Waals surface area contributed by atoms with Crippen molar-refractivity contribution < 1.29 is 43.4 Å². The Morgan fingerprint density at radius 3 is 0.933 bits per heavy atom. The molecule has 9 heteroatoms. The van der Waals surface area contributed by atoms with Crippen LogP contribution in [0.15, 0.2) is 12.1 Å². The average Bonchev–Trinajstić information content (AvgIpc) is 3.02. The van der Waals surface area contributed by atoms with Crippen LogP contribution in [0.25, 0.3) is 0 Å². The van der Waals surface area contributed by atoms with Crippen molar-refractivity contribution in [2.24, 2.45) is 0 Å². The second-order valence-corrected chi connectivity index (χ2v) is 11.1. The lowest BCUT2D eigenvalue weighted by Crippen LogP contribution is -2.09. The number of unbranched alkanes of at least 4 members (excludes halogenated alkanes) is 6. The van der Waals surface area contributed by atoms with E-state index in [4.69, 9.17) is 33.2 Å². The highest BCUT2D eigenvalue weighted by Gasteiger charge is 2.30. The van der Waals surface area contributed by atoms with Gasteiger partial charge in [-0.3, -0.25) is 0 Å². The van der Waals surface area contributed by atoms with E-state index in [0.717, 1.165) is 77.0 Å². The predicted molar refractivity (Wildman–Crippen MR) is 179 cm³/mol. The molecular formula is C36H58O9. The first-order valence-corrected chi connectivity index (χ1v) is 17.2. The molecule has 0 heterocycles. The van der Waals surface area contributed by atoms with Crippen molar-refractivity contribution in [1.82, 2.24) is 0 Å². The summed E-state index contributed by atoms with van der Waals surface area (Å²) < 4.78 is 43.9. The van der Waals surface area contributed by atoms with Gasteiger partial charge in [0.2, 0.25) is 34.5 Å². The van der Waals surface area contributed by atoms with Gasteiger partial charge in [-0.25, -0.2) is 0 Å². The molecule has 0 aromatic heterocycles. The number of hydrogen-bond donors (Lipinski definition) is 2. The zero-order valence-corrected chi connectivity index (χ0v) is 28.6. The third-order valence-electron chi connectivity index (χ3n) is 6.97. The van der Waals surface area contributed by atoms with Crippen LogP contribution in [0.1, 0.15) is 119 Å². The molecule has 0 unspecified atom stereocenters. The predicted octanol–water partition coefficient (Wildman–Crippen LogP) is 9.96. The van der Waals surface area contributed by atoms with Gasteiger partial charge in [-0.05, 0) is 38.5 Å². The Kier molecular flexibility index (Phi) is 18.7. The largest absolute Gasteiger partial charge is 0.504 e. The summed E-state index contributed by atoms with van der Waals surface area (Å²) in [5.74, 6) is 1.75. The third-order valence-corrected chi connectivity index (χ3v) is 6.97. The van der Waals surface area contributed by atoms with Gasteiger partial charge in [0.25, 0.3) is 0 Å². The van der Waals surface area contributed by atoms with Crippen molar-refractivity contribution in [3.05, 3.63) is 12.1 Å². The molecular weight excluding hydrogens is 576 g/mol. The normalized spacial score (nSPS) is 10.9. The highest BCUT2D eigenvalue weighted by molar-refractivity contribution is 5.70. The molecule has 0 atom stereocenters. The maximum Gasteiger partial charge on any atom is 0.215 e. The summed E-state index contributed by atoms with van der Waals surface area (Å²) in [6.45, 7) is 14.9. The van der Waals surface area contributed by atoms with E-state index in [2.05, 4.69) is 41.5 Å². The summed E-state index contributed by atoms with van der Waals surface area (Å²) in [5.41, 5.74) is 0. The van der Waals surface area contributed by atoms with Crippen LogP contribution in [-0.4, -0.2) is 49.9 Å². The molecule has 0 aliphatic rings. The van der Waals surface area contributed by atoms with Crippen LogP contribution in [0.4, 0.5) is 0 Å². The van der Waals surface area contributed by atoms with Gasteiger partial charge in [-0.2, -0.15) is 0 Å². The summed E-state index contributed by atoms with van der Waals surface area (Å²) in [4.78, 5) is 0. The molecule has 0 aliphatic heterocycles. The Morgan fingerprint density at radius 2 is 0.644 bits per heavy atom. The molecule has 2 rings (SSSR count). The van der Waals surface area contributed by atoms with Gasteiger partial charge in [0.1, 0.15) is 0 Å². The minimum absolute atomic E-state index is 0.0930. The molecule has 2 N–H and O–H groups in total. The van der Waals surface area contributed by atoms with Crippen LogP contribution in [-0.2, 0) is 0 Å². The van der Waals surface area contributed by atoms with Gasteiger partial charge in [0, 0.05) is 12.1 Å². The topological polar surface area (TPSA) is 105 Å². The molecule has 0 saturated carbocycles. The number of ether oxygens (including phenoxy) is 7. The lowest BCUT2D eigenvalue weighted by molar-refractivity contribution is 0.221. The Labute approximate surface area is 271 Å². The van der Waals surface area contributed by atoms with Crippen LogP contribution in [0, 0.1) is 0 Å². The van der Waals surface area contributed by atoms with Crippen molar-refractivity contribution >= 4 is 0 Å². The van der Waals surface area contributed by atoms with Crippen molar-refractivity contribution in [1.29, 1.82) is 0 Å². The lowest BCUT2D eigenvalue weighted by Gasteiger charge is -2.24. The van der Waals surface area contributed by atoms with Crippen LogP contribution in [0.2, 0.25) is 0 Å². The lowest BCUT2D eigenvalue weighted by atomic mass is 10.2. The molecule has 9 nitrogen and oxygen atoms in total. The fourth-order valence-corrected chi connectivity index (χ4v) is 4.15. The van der Waals surface area contributed by atoms with Crippen LogP contribution in [0.5, 0.6) is 57.5 Å². The molecule has 2 aromatic rings. The molecule has 45 heavy (non-hydrogen) atoms. The summed E-state index contributed by atoms with van der Waals surface area (Å²) in [6.07, 6.45) is 10.4. The first-order valence-electron chi connectivity index (χ1n) is 17.2. The second kappa shape index (κ2) is 22.2. The summed E-state index contributed by atoms with van der Waals surface area (Å²) in [7, 11) is 0. The molecule has 0 amide bonds. The quantitative estimate of drug-likeness (QED) is 0.0978. The number of phenols is 2. The Morgan fingerprint density at radius 1 is 0.378 bits per heavy atom. The van der Waals surface area contributed by atoms with E-state index in [1.807, 2.05) is 0 Å². The molecule has 0 aliphatic carbocycles. The van der Waals surface area contributed by atoms with Crippen LogP contribution < -0.4 is 33.2 Å². The molecule has 0 spiro atoms. The minimum Gasteiger partial charge on any atom is -0.504 e. The van der Waals surface area contributed by atoms with Gasteiger partial charge < -0.3 is 43.4 Å². The average molecular weight is 635 g/mol. The zero-order chi connectivity index (χ0) is 32.9. The summed E-state index contributed by atoms with van der Waals surface area (Å²) in [5, 5.41) is 22.3. The Hall–Kier alpha value is -3.36. The molecule has 256 valence electrons. The van der Waals surface area contributed by atoms with Crippen LogP contribution in [0.3, 0.4) is 0 Å². The number of aromatic hydroxyl groups is 2. The highest BCUT2D eigenvalue weighted by atomic mass is 16.6. The fraction of sp³-hybridized carbons (Fsp3) is 0.667. The number of rotatable bonds is 26. The van der Waals surface area contributed by atoms with E-state index in [9.17, 15) is 10.2 Å². The van der Waals surface area contributed by atoms with Gasteiger partial charge >= 0.3 is 0 Å². The van der Waals surface area contributed by atoms with Crippen molar-refractivity contribution in [3.63, 3.8) is 0 Å². The molecule has 0 saturated heterocycles. The van der Waals surface area contributed by atoms with E-state index in [1.165, 1.54) is 12.1 Å². The summed E-state index contributed by atoms with van der Waals surface area (Å²) in [6, 6.07) is 3.01. The van der Waals surface area contributed by atoms with E-state index >= 15 is 0 Å². The van der Waals surface area contributed by atoms with Crippen molar-refractivity contribution in [3.8, 4) is 57.5 Å². The Bertz CT molecular complexity index is 1020. The van der Waals surface area contributed by atoms with Gasteiger partial charge in [0.15, 0.2) is 23.0 Å². The molecule has 0 radical (unpaired) electrons. The highest BCUT2D eigenvalue weighted by Crippen LogP contribution is 2.57. The van der Waals surface area contributed by atoms with E-state index in [0.29, 0.717) is 51.1 Å². The number of benzene rings is 2. The third kappa shape index (κ3) is 12.2. The fourth-order valence-electron chi connectivity index (χ4n) is 4.15. The van der Waals surface area contributed by atoms with Crippen LogP contribution >= 0.6 is 0 Å². The van der Waals surface area contributed by atoms with Crippen molar-refractivity contribution in [2.75, 3.05) is 39.6 Å². The molecule has 0 fully saturated rings. The smallest absolute Gasteiger partial charge is 0.215 e. The zero-order valence-electron chi connectivity index (χ0n) is 28.6. The standard InChI is InChI=1S/C36H58O9/c1-7-13-19-39-29-25-27(37)31(41-21-15-9-3)35(43-23-17-11-5)33(29)45-34-30(40-20-14-8-2)26-28(38)32(42-22-16-10-4)36(34)44-24-18-12-6/h25-26,37-38H,7-24H2,1-6H3. The summed E-state index contributed by atoms with van der Waals surface area (Å²) >= 11 is 0. The van der Waals surface area contributed by atoms with E-state index in [1.54, 1.807) is 0 Å². The monoisotopic (exact) mass is 634 g/mol. The number of phenolic OH excluding ortho intramolecular Hbond substituents is 2. The van der Waals surface area contributed by atoms with Gasteiger partial charge in [-0.15, -0.1) is 0 Å². The second-order valence-electron chi connectivity index (χ2n) is 11.1. The maximum atomic E-state index is 11.1. The van der Waals surface area contributed by atoms with E-state index in [-0.39, 0.29) is 46.0 Å². The molecule has 2 aromatic carbocycles.